The van der Waals surface area contributed by atoms with Crippen LogP contribution in [0.15, 0.2) is 34.3 Å². The summed E-state index contributed by atoms with van der Waals surface area (Å²) < 4.78 is 0. The third kappa shape index (κ3) is 2.73. The van der Waals surface area contributed by atoms with Crippen LogP contribution in [0.1, 0.15) is 19.8 Å². The lowest BCUT2D eigenvalue weighted by Gasteiger charge is -2.30. The SMILES string of the molecule is CC1CCN(CC2=NC(=O)C3C=CC=CC3=N2)CC1. The van der Waals surface area contributed by atoms with Gasteiger partial charge < -0.3 is 0 Å². The number of hydrogen-bond donors (Lipinski definition) is 0. The number of amides is 1. The molecule has 0 saturated carbocycles. The fourth-order valence-corrected chi connectivity index (χ4v) is 2.71. The molecule has 1 unspecified atom stereocenters. The minimum absolute atomic E-state index is 0.0778. The molecule has 1 aliphatic carbocycles. The minimum atomic E-state index is -0.255. The molecular weight excluding hydrogens is 238 g/mol. The molecular formula is C15H19N3O. The Kier molecular flexibility index (Phi) is 3.42. The van der Waals surface area contributed by atoms with Gasteiger partial charge in [0, 0.05) is 0 Å². The Morgan fingerprint density at radius 3 is 2.84 bits per heavy atom. The first-order valence-electron chi connectivity index (χ1n) is 6.99. The molecule has 0 aromatic rings. The number of aliphatic imine (C=N–C) groups is 2. The molecule has 19 heavy (non-hydrogen) atoms. The van der Waals surface area contributed by atoms with Crippen LogP contribution in [0.5, 0.6) is 0 Å². The topological polar surface area (TPSA) is 45.0 Å². The van der Waals surface area contributed by atoms with Crippen LogP contribution in [0.25, 0.3) is 0 Å². The quantitative estimate of drug-likeness (QED) is 0.757. The van der Waals surface area contributed by atoms with Gasteiger partial charge in [0.15, 0.2) is 0 Å². The lowest BCUT2D eigenvalue weighted by atomic mass is 9.96. The molecule has 0 aromatic heterocycles. The fourth-order valence-electron chi connectivity index (χ4n) is 2.71. The molecule has 3 aliphatic rings. The molecule has 0 N–H and O–H groups in total. The van der Waals surface area contributed by atoms with Crippen molar-refractivity contribution >= 4 is 17.5 Å². The number of hydrogen-bond acceptors (Lipinski definition) is 3. The maximum atomic E-state index is 12.0. The van der Waals surface area contributed by atoms with Crippen LogP contribution in [0, 0.1) is 11.8 Å². The molecule has 0 bridgehead atoms. The van der Waals surface area contributed by atoms with Crippen molar-refractivity contribution in [1.82, 2.24) is 4.90 Å². The van der Waals surface area contributed by atoms with E-state index < -0.39 is 0 Å². The van der Waals surface area contributed by atoms with Gasteiger partial charge in [0.25, 0.3) is 5.91 Å². The number of carbonyl (C=O) groups excluding carboxylic acids is 1. The summed E-state index contributed by atoms with van der Waals surface area (Å²) in [4.78, 5) is 23.0. The van der Waals surface area contributed by atoms with Crippen LogP contribution >= 0.6 is 0 Å². The fraction of sp³-hybridized carbons (Fsp3) is 0.533. The van der Waals surface area contributed by atoms with Crippen LogP contribution < -0.4 is 0 Å². The zero-order valence-electron chi connectivity index (χ0n) is 11.2. The van der Waals surface area contributed by atoms with Gasteiger partial charge in [-0.15, -0.1) is 0 Å². The number of piperidine rings is 1. The molecule has 2 heterocycles. The second-order valence-electron chi connectivity index (χ2n) is 5.58. The van der Waals surface area contributed by atoms with Crippen LogP contribution in [-0.2, 0) is 4.79 Å². The number of amidine groups is 1. The summed E-state index contributed by atoms with van der Waals surface area (Å²) in [7, 11) is 0. The molecule has 4 nitrogen and oxygen atoms in total. The van der Waals surface area contributed by atoms with Crippen molar-refractivity contribution < 1.29 is 4.79 Å². The van der Waals surface area contributed by atoms with E-state index in [9.17, 15) is 4.79 Å². The summed E-state index contributed by atoms with van der Waals surface area (Å²) in [6, 6.07) is 0. The van der Waals surface area contributed by atoms with E-state index in [2.05, 4.69) is 21.8 Å². The van der Waals surface area contributed by atoms with Crippen molar-refractivity contribution in [2.24, 2.45) is 21.8 Å². The van der Waals surface area contributed by atoms with Gasteiger partial charge in [-0.25, -0.2) is 4.99 Å². The highest BCUT2D eigenvalue weighted by atomic mass is 16.1. The first-order valence-corrected chi connectivity index (χ1v) is 6.99. The van der Waals surface area contributed by atoms with Gasteiger partial charge in [0.2, 0.25) is 0 Å². The van der Waals surface area contributed by atoms with Gasteiger partial charge in [-0.3, -0.25) is 9.69 Å². The van der Waals surface area contributed by atoms with Crippen LogP contribution in [0.4, 0.5) is 0 Å². The van der Waals surface area contributed by atoms with E-state index in [0.29, 0.717) is 12.4 Å². The Morgan fingerprint density at radius 2 is 2.05 bits per heavy atom. The zero-order chi connectivity index (χ0) is 13.2. The zero-order valence-corrected chi connectivity index (χ0v) is 11.2. The highest BCUT2D eigenvalue weighted by Crippen LogP contribution is 2.19. The van der Waals surface area contributed by atoms with E-state index in [0.717, 1.165) is 24.7 Å². The summed E-state index contributed by atoms with van der Waals surface area (Å²) in [5, 5.41) is 0. The van der Waals surface area contributed by atoms with E-state index in [1.165, 1.54) is 12.8 Å². The van der Waals surface area contributed by atoms with Crippen molar-refractivity contribution in [3.63, 3.8) is 0 Å². The molecule has 1 fully saturated rings. The summed E-state index contributed by atoms with van der Waals surface area (Å²) >= 11 is 0. The van der Waals surface area contributed by atoms with E-state index in [-0.39, 0.29) is 11.8 Å². The summed E-state index contributed by atoms with van der Waals surface area (Å²) in [5.41, 5.74) is 0.836. The van der Waals surface area contributed by atoms with Crippen molar-refractivity contribution in [3.8, 4) is 0 Å². The normalized spacial score (nSPS) is 28.1. The Morgan fingerprint density at radius 1 is 1.26 bits per heavy atom. The predicted octanol–water partition coefficient (Wildman–Crippen LogP) is 1.84. The number of allylic oxidation sites excluding steroid dienone is 3. The molecule has 0 aromatic carbocycles. The number of carbonyl (C=O) groups is 1. The lowest BCUT2D eigenvalue weighted by Crippen LogP contribution is -2.38. The second-order valence-corrected chi connectivity index (χ2v) is 5.58. The first kappa shape index (κ1) is 12.5. The van der Waals surface area contributed by atoms with Crippen molar-refractivity contribution in [2.45, 2.75) is 19.8 Å². The van der Waals surface area contributed by atoms with Gasteiger partial charge in [0.05, 0.1) is 12.3 Å². The van der Waals surface area contributed by atoms with Crippen LogP contribution in [-0.4, -0.2) is 42.0 Å². The van der Waals surface area contributed by atoms with Crippen LogP contribution in [0.3, 0.4) is 0 Å². The summed E-state index contributed by atoms with van der Waals surface area (Å²) in [6.45, 7) is 5.16. The Labute approximate surface area is 113 Å². The third-order valence-corrected chi connectivity index (χ3v) is 4.01. The monoisotopic (exact) mass is 257 g/mol. The van der Waals surface area contributed by atoms with Crippen molar-refractivity contribution in [2.75, 3.05) is 19.6 Å². The highest BCUT2D eigenvalue weighted by molar-refractivity contribution is 6.21. The van der Waals surface area contributed by atoms with Crippen molar-refractivity contribution in [1.29, 1.82) is 0 Å². The highest BCUT2D eigenvalue weighted by Gasteiger charge is 2.27. The average molecular weight is 257 g/mol. The summed E-state index contributed by atoms with van der Waals surface area (Å²) in [6.07, 6.45) is 10.0. The van der Waals surface area contributed by atoms with Crippen molar-refractivity contribution in [3.05, 3.63) is 24.3 Å². The first-order chi connectivity index (χ1) is 9.22. The molecule has 100 valence electrons. The van der Waals surface area contributed by atoms with E-state index in [1.807, 2.05) is 24.3 Å². The maximum Gasteiger partial charge on any atom is 0.260 e. The molecule has 1 amide bonds. The third-order valence-electron chi connectivity index (χ3n) is 4.01. The van der Waals surface area contributed by atoms with E-state index in [4.69, 9.17) is 0 Å². The smallest absolute Gasteiger partial charge is 0.260 e. The number of fused-ring (bicyclic) bond motifs is 1. The van der Waals surface area contributed by atoms with Crippen LogP contribution in [0.2, 0.25) is 0 Å². The molecule has 0 radical (unpaired) electrons. The molecule has 1 saturated heterocycles. The van der Waals surface area contributed by atoms with Gasteiger partial charge in [-0.05, 0) is 37.9 Å². The second kappa shape index (κ2) is 5.21. The van der Waals surface area contributed by atoms with Gasteiger partial charge in [-0.2, -0.15) is 4.99 Å². The largest absolute Gasteiger partial charge is 0.296 e. The number of nitrogens with zero attached hydrogens (tertiary/aromatic N) is 3. The van der Waals surface area contributed by atoms with Gasteiger partial charge >= 0.3 is 0 Å². The molecule has 3 rings (SSSR count). The predicted molar refractivity (Wildman–Crippen MR) is 76.5 cm³/mol. The summed E-state index contributed by atoms with van der Waals surface area (Å²) in [5.74, 6) is 1.15. The molecule has 2 aliphatic heterocycles. The minimum Gasteiger partial charge on any atom is -0.296 e. The van der Waals surface area contributed by atoms with Gasteiger partial charge in [0.1, 0.15) is 11.8 Å². The number of rotatable bonds is 2. The van der Waals surface area contributed by atoms with E-state index >= 15 is 0 Å². The average Bonchev–Trinajstić information content (AvgIpc) is 2.42. The Balaban J connectivity index is 1.69. The Bertz CT molecular complexity index is 494. The molecule has 1 atom stereocenters. The molecule has 4 heteroatoms. The lowest BCUT2D eigenvalue weighted by molar-refractivity contribution is -0.118. The Hall–Kier alpha value is -1.55. The van der Waals surface area contributed by atoms with E-state index in [1.54, 1.807) is 0 Å². The number of likely N-dealkylation sites (tertiary alicyclic amines) is 1. The molecule has 0 spiro atoms. The standard InChI is InChI=1S/C15H19N3O/c1-11-6-8-18(9-7-11)10-14-16-13-5-3-2-4-12(13)15(19)17-14/h2-5,11-12H,6-10H2,1H3. The maximum absolute atomic E-state index is 12.0. The van der Waals surface area contributed by atoms with Gasteiger partial charge in [-0.1, -0.05) is 25.2 Å².